The summed E-state index contributed by atoms with van der Waals surface area (Å²) in [5.41, 5.74) is 0. The summed E-state index contributed by atoms with van der Waals surface area (Å²) in [6.07, 6.45) is 9.28. The van der Waals surface area contributed by atoms with Gasteiger partial charge in [-0.2, -0.15) is 0 Å². The normalized spacial score (nSPS) is 38.7. The number of nitrogens with zero attached hydrogens (tertiary/aromatic N) is 2. The maximum atomic E-state index is 6.06. The number of likely N-dealkylation sites (tertiary alicyclic amines) is 1. The predicted octanol–water partition coefficient (Wildman–Crippen LogP) is 2.48. The van der Waals surface area contributed by atoms with E-state index in [1.54, 1.807) is 0 Å². The Bertz CT molecular complexity index is 379. The van der Waals surface area contributed by atoms with E-state index in [1.807, 2.05) is 7.05 Å². The van der Waals surface area contributed by atoms with Crippen LogP contribution in [0, 0.1) is 17.8 Å². The number of halogens is 1. The van der Waals surface area contributed by atoms with Crippen LogP contribution in [0.1, 0.15) is 38.5 Å². The van der Waals surface area contributed by atoms with E-state index in [9.17, 15) is 0 Å². The Kier molecular flexibility index (Phi) is 4.98. The molecule has 0 spiro atoms. The van der Waals surface area contributed by atoms with Gasteiger partial charge in [-0.15, -0.1) is 24.0 Å². The lowest BCUT2D eigenvalue weighted by atomic mass is 9.82. The van der Waals surface area contributed by atoms with Crippen molar-refractivity contribution in [2.45, 2.75) is 50.7 Å². The zero-order chi connectivity index (χ0) is 13.5. The highest BCUT2D eigenvalue weighted by Gasteiger charge is 2.53. The molecule has 0 aromatic carbocycles. The van der Waals surface area contributed by atoms with Gasteiger partial charge in [-0.1, -0.05) is 12.8 Å². The molecule has 4 fully saturated rings. The molecule has 4 unspecified atom stereocenters. The fourth-order valence-electron chi connectivity index (χ4n) is 4.92. The molecule has 0 radical (unpaired) electrons. The van der Waals surface area contributed by atoms with Crippen LogP contribution in [0.4, 0.5) is 0 Å². The minimum atomic E-state index is 0. The van der Waals surface area contributed by atoms with Gasteiger partial charge in [0, 0.05) is 38.5 Å². The molecule has 120 valence electrons. The highest BCUT2D eigenvalue weighted by molar-refractivity contribution is 14.0. The molecule has 3 heterocycles. The lowest BCUT2D eigenvalue weighted by Gasteiger charge is -2.24. The van der Waals surface area contributed by atoms with Gasteiger partial charge in [-0.25, -0.2) is 0 Å². The highest BCUT2D eigenvalue weighted by atomic mass is 127. The van der Waals surface area contributed by atoms with E-state index in [-0.39, 0.29) is 24.0 Å². The molecule has 1 saturated carbocycles. The average molecular weight is 405 g/mol. The number of guanidine groups is 1. The van der Waals surface area contributed by atoms with Crippen LogP contribution in [-0.4, -0.2) is 49.7 Å². The van der Waals surface area contributed by atoms with Gasteiger partial charge in [0.2, 0.25) is 0 Å². The van der Waals surface area contributed by atoms with Crippen molar-refractivity contribution >= 4 is 29.9 Å². The Morgan fingerprint density at radius 1 is 1.10 bits per heavy atom. The van der Waals surface area contributed by atoms with Crippen molar-refractivity contribution in [1.29, 1.82) is 0 Å². The monoisotopic (exact) mass is 405 g/mol. The number of ether oxygens (including phenoxy) is 1. The van der Waals surface area contributed by atoms with Crippen LogP contribution in [0.5, 0.6) is 0 Å². The lowest BCUT2D eigenvalue weighted by Crippen LogP contribution is -2.42. The van der Waals surface area contributed by atoms with E-state index in [2.05, 4.69) is 15.2 Å². The number of fused-ring (bicyclic) bond motifs is 5. The maximum absolute atomic E-state index is 6.06. The second-order valence-corrected chi connectivity index (χ2v) is 7.10. The van der Waals surface area contributed by atoms with Gasteiger partial charge >= 0.3 is 0 Å². The molecule has 0 aromatic heterocycles. The summed E-state index contributed by atoms with van der Waals surface area (Å²) in [7, 11) is 1.93. The summed E-state index contributed by atoms with van der Waals surface area (Å²) in [5.74, 6) is 3.52. The van der Waals surface area contributed by atoms with Crippen LogP contribution in [0.15, 0.2) is 4.99 Å². The summed E-state index contributed by atoms with van der Waals surface area (Å²) >= 11 is 0. The van der Waals surface area contributed by atoms with E-state index in [0.717, 1.165) is 43.3 Å². The number of rotatable bonds is 2. The molecule has 21 heavy (non-hydrogen) atoms. The first-order valence-corrected chi connectivity index (χ1v) is 8.46. The summed E-state index contributed by atoms with van der Waals surface area (Å²) in [4.78, 5) is 7.00. The van der Waals surface area contributed by atoms with Gasteiger partial charge in [-0.3, -0.25) is 4.99 Å². The predicted molar refractivity (Wildman–Crippen MR) is 95.2 cm³/mol. The van der Waals surface area contributed by atoms with E-state index in [0.29, 0.717) is 12.2 Å². The van der Waals surface area contributed by atoms with Crippen molar-refractivity contribution in [3.63, 3.8) is 0 Å². The third-order valence-corrected chi connectivity index (χ3v) is 5.99. The minimum Gasteiger partial charge on any atom is -0.374 e. The van der Waals surface area contributed by atoms with E-state index >= 15 is 0 Å². The molecule has 5 heteroatoms. The smallest absolute Gasteiger partial charge is 0.193 e. The molecular formula is C16H28IN3O. The zero-order valence-corrected chi connectivity index (χ0v) is 15.3. The quantitative estimate of drug-likeness (QED) is 0.436. The Balaban J connectivity index is 0.00000132. The van der Waals surface area contributed by atoms with Crippen LogP contribution in [0.2, 0.25) is 0 Å². The second-order valence-electron chi connectivity index (χ2n) is 7.10. The van der Waals surface area contributed by atoms with Gasteiger partial charge < -0.3 is 15.0 Å². The molecule has 1 aliphatic carbocycles. The fourth-order valence-corrected chi connectivity index (χ4v) is 4.92. The van der Waals surface area contributed by atoms with Crippen molar-refractivity contribution < 1.29 is 4.74 Å². The first kappa shape index (κ1) is 15.8. The number of hydrogen-bond donors (Lipinski definition) is 1. The molecule has 3 saturated heterocycles. The van der Waals surface area contributed by atoms with Crippen molar-refractivity contribution in [3.8, 4) is 0 Å². The summed E-state index contributed by atoms with van der Waals surface area (Å²) in [6.45, 7) is 3.41. The van der Waals surface area contributed by atoms with Crippen LogP contribution in [0.25, 0.3) is 0 Å². The van der Waals surface area contributed by atoms with Crippen LogP contribution >= 0.6 is 24.0 Å². The van der Waals surface area contributed by atoms with Crippen molar-refractivity contribution in [1.82, 2.24) is 10.2 Å². The standard InChI is InChI=1S/C16H27N3O.HI/c1-17-16(18-8-11-4-2-3-5-11)19-9-12-13(10-19)15-7-6-14(12)20-15;/h11-15H,2-10H2,1H3,(H,17,18);1H. The zero-order valence-electron chi connectivity index (χ0n) is 13.0. The Hall–Kier alpha value is -0.0400. The Morgan fingerprint density at radius 3 is 2.29 bits per heavy atom. The lowest BCUT2D eigenvalue weighted by molar-refractivity contribution is 0.0767. The number of hydrogen-bond acceptors (Lipinski definition) is 2. The van der Waals surface area contributed by atoms with Crippen molar-refractivity contribution in [2.24, 2.45) is 22.7 Å². The van der Waals surface area contributed by atoms with Gasteiger partial charge in [0.05, 0.1) is 12.2 Å². The average Bonchev–Trinajstić information content (AvgIpc) is 3.22. The van der Waals surface area contributed by atoms with Gasteiger partial charge in [0.25, 0.3) is 0 Å². The Labute approximate surface area is 145 Å². The largest absolute Gasteiger partial charge is 0.374 e. The van der Waals surface area contributed by atoms with E-state index < -0.39 is 0 Å². The maximum Gasteiger partial charge on any atom is 0.193 e. The molecule has 1 N–H and O–H groups in total. The molecule has 4 rings (SSSR count). The van der Waals surface area contributed by atoms with Crippen molar-refractivity contribution in [2.75, 3.05) is 26.7 Å². The molecule has 3 aliphatic heterocycles. The van der Waals surface area contributed by atoms with E-state index in [4.69, 9.17) is 4.74 Å². The Morgan fingerprint density at radius 2 is 1.71 bits per heavy atom. The topological polar surface area (TPSA) is 36.9 Å². The van der Waals surface area contributed by atoms with Gasteiger partial charge in [0.1, 0.15) is 0 Å². The third-order valence-electron chi connectivity index (χ3n) is 5.99. The molecular weight excluding hydrogens is 377 g/mol. The first-order chi connectivity index (χ1) is 9.85. The van der Waals surface area contributed by atoms with E-state index in [1.165, 1.54) is 38.5 Å². The van der Waals surface area contributed by atoms with Crippen molar-refractivity contribution in [3.05, 3.63) is 0 Å². The molecule has 0 aromatic rings. The summed E-state index contributed by atoms with van der Waals surface area (Å²) in [6, 6.07) is 0. The van der Waals surface area contributed by atoms with Crippen LogP contribution in [-0.2, 0) is 4.74 Å². The molecule has 4 nitrogen and oxygen atoms in total. The number of aliphatic imine (C=N–C) groups is 1. The highest BCUT2D eigenvalue weighted by Crippen LogP contribution is 2.47. The SMILES string of the molecule is CN=C(NCC1CCCC1)N1CC2C3CCC(O3)C2C1.I. The summed E-state index contributed by atoms with van der Waals surface area (Å²) < 4.78 is 6.06. The minimum absolute atomic E-state index is 0. The first-order valence-electron chi connectivity index (χ1n) is 8.46. The number of nitrogens with one attached hydrogen (secondary N) is 1. The van der Waals surface area contributed by atoms with Crippen LogP contribution < -0.4 is 5.32 Å². The van der Waals surface area contributed by atoms with Gasteiger partial charge in [-0.05, 0) is 31.6 Å². The van der Waals surface area contributed by atoms with Crippen LogP contribution in [0.3, 0.4) is 0 Å². The second kappa shape index (κ2) is 6.60. The molecule has 4 atom stereocenters. The molecule has 2 bridgehead atoms. The third kappa shape index (κ3) is 2.92. The van der Waals surface area contributed by atoms with Gasteiger partial charge in [0.15, 0.2) is 5.96 Å². The molecule has 0 amide bonds. The molecule has 4 aliphatic rings. The fraction of sp³-hybridized carbons (Fsp3) is 0.938. The summed E-state index contributed by atoms with van der Waals surface area (Å²) in [5, 5.41) is 3.63.